The smallest absolute Gasteiger partial charge is 0.340 e. The molecular weight excluding hydrogens is 230 g/mol. The van der Waals surface area contributed by atoms with Crippen LogP contribution in [0, 0.1) is 6.92 Å². The van der Waals surface area contributed by atoms with Gasteiger partial charge >= 0.3 is 5.97 Å². The molecule has 0 spiro atoms. The van der Waals surface area contributed by atoms with Gasteiger partial charge < -0.3 is 15.4 Å². The van der Waals surface area contributed by atoms with E-state index >= 15 is 0 Å². The van der Waals surface area contributed by atoms with Crippen molar-refractivity contribution < 1.29 is 9.53 Å². The third-order valence-electron chi connectivity index (χ3n) is 2.86. The molecule has 5 nitrogen and oxygen atoms in total. The Kier molecular flexibility index (Phi) is 5.58. The van der Waals surface area contributed by atoms with Gasteiger partial charge in [0, 0.05) is 6.54 Å². The minimum absolute atomic E-state index is 0.362. The number of nitrogens with two attached hydrogens (primary N) is 1. The number of hydrogen-bond acceptors (Lipinski definition) is 5. The first-order valence-corrected chi connectivity index (χ1v) is 6.20. The van der Waals surface area contributed by atoms with Crippen LogP contribution in [0.25, 0.3) is 0 Å². The van der Waals surface area contributed by atoms with Crippen LogP contribution in [0.1, 0.15) is 29.9 Å². The summed E-state index contributed by atoms with van der Waals surface area (Å²) in [5, 5.41) is 0. The van der Waals surface area contributed by atoms with Gasteiger partial charge in [-0.25, -0.2) is 4.79 Å². The van der Waals surface area contributed by atoms with Gasteiger partial charge in [-0.15, -0.1) is 0 Å². The first-order valence-electron chi connectivity index (χ1n) is 6.20. The summed E-state index contributed by atoms with van der Waals surface area (Å²) in [7, 11) is 0. The molecule has 0 aliphatic heterocycles. The van der Waals surface area contributed by atoms with Gasteiger partial charge in [-0.05, 0) is 26.1 Å². The molecule has 0 saturated carbocycles. The normalized spacial score (nSPS) is 10.7. The van der Waals surface area contributed by atoms with E-state index in [0.29, 0.717) is 23.6 Å². The molecule has 1 aromatic heterocycles. The molecule has 1 aromatic rings. The van der Waals surface area contributed by atoms with Crippen LogP contribution in [0.2, 0.25) is 0 Å². The fourth-order valence-corrected chi connectivity index (χ4v) is 1.64. The topological polar surface area (TPSA) is 68.5 Å². The number of nitrogen functional groups attached to an aromatic ring is 1. The molecule has 0 amide bonds. The lowest BCUT2D eigenvalue weighted by atomic mass is 10.2. The fraction of sp³-hybridized carbons (Fsp3) is 0.538. The summed E-state index contributed by atoms with van der Waals surface area (Å²) in [6, 6.07) is 1.60. The van der Waals surface area contributed by atoms with Crippen LogP contribution in [0.3, 0.4) is 0 Å². The Balaban J connectivity index is 2.53. The number of anilines is 1. The lowest BCUT2D eigenvalue weighted by Crippen LogP contribution is -2.28. The Bertz CT molecular complexity index is 403. The molecule has 0 atom stereocenters. The number of rotatable bonds is 6. The second kappa shape index (κ2) is 6.96. The minimum atomic E-state index is -0.362. The highest BCUT2D eigenvalue weighted by atomic mass is 16.5. The van der Waals surface area contributed by atoms with E-state index < -0.39 is 0 Å². The number of hydrogen-bond donors (Lipinski definition) is 1. The zero-order chi connectivity index (χ0) is 13.5. The molecule has 0 aromatic carbocycles. The Labute approximate surface area is 108 Å². The maximum atomic E-state index is 11.8. The zero-order valence-corrected chi connectivity index (χ0v) is 11.3. The van der Waals surface area contributed by atoms with Crippen molar-refractivity contribution in [2.75, 3.05) is 32.0 Å². The van der Waals surface area contributed by atoms with Gasteiger partial charge in [0.05, 0.1) is 23.1 Å². The molecule has 0 saturated heterocycles. The highest BCUT2D eigenvalue weighted by molar-refractivity contribution is 5.91. The molecule has 0 aliphatic carbocycles. The van der Waals surface area contributed by atoms with Crippen molar-refractivity contribution >= 4 is 11.7 Å². The molecule has 18 heavy (non-hydrogen) atoms. The largest absolute Gasteiger partial charge is 0.461 e. The summed E-state index contributed by atoms with van der Waals surface area (Å²) in [6.45, 7) is 8.96. The average Bonchev–Trinajstić information content (AvgIpc) is 2.37. The number of pyridine rings is 1. The number of carbonyl (C=O) groups excluding carboxylic acids is 1. The lowest BCUT2D eigenvalue weighted by Gasteiger charge is -2.17. The fourth-order valence-electron chi connectivity index (χ4n) is 1.64. The zero-order valence-electron chi connectivity index (χ0n) is 11.3. The Morgan fingerprint density at radius 2 is 2.11 bits per heavy atom. The van der Waals surface area contributed by atoms with Crippen molar-refractivity contribution in [3.8, 4) is 0 Å². The molecular formula is C13H21N3O2. The van der Waals surface area contributed by atoms with Crippen molar-refractivity contribution in [1.29, 1.82) is 0 Å². The molecule has 100 valence electrons. The van der Waals surface area contributed by atoms with Crippen LogP contribution >= 0.6 is 0 Å². The number of aryl methyl sites for hydroxylation is 1. The van der Waals surface area contributed by atoms with Crippen molar-refractivity contribution in [3.63, 3.8) is 0 Å². The van der Waals surface area contributed by atoms with Crippen molar-refractivity contribution in [2.45, 2.75) is 20.8 Å². The summed E-state index contributed by atoms with van der Waals surface area (Å²) in [4.78, 5) is 18.1. The van der Waals surface area contributed by atoms with E-state index in [1.807, 2.05) is 0 Å². The van der Waals surface area contributed by atoms with Gasteiger partial charge in [-0.3, -0.25) is 4.98 Å². The van der Waals surface area contributed by atoms with Crippen LogP contribution in [0.4, 0.5) is 5.69 Å². The van der Waals surface area contributed by atoms with Crippen molar-refractivity contribution in [1.82, 2.24) is 9.88 Å². The molecule has 1 heterocycles. The van der Waals surface area contributed by atoms with E-state index in [2.05, 4.69) is 23.7 Å². The van der Waals surface area contributed by atoms with Crippen molar-refractivity contribution in [2.24, 2.45) is 0 Å². The SMILES string of the molecule is CCN(CC)CCOC(=O)c1cc(N)cnc1C. The molecule has 0 bridgehead atoms. The van der Waals surface area contributed by atoms with Crippen LogP contribution in [0.15, 0.2) is 12.3 Å². The predicted molar refractivity (Wildman–Crippen MR) is 71.5 cm³/mol. The number of likely N-dealkylation sites (N-methyl/N-ethyl adjacent to an activating group) is 1. The average molecular weight is 251 g/mol. The van der Waals surface area contributed by atoms with Crippen LogP contribution < -0.4 is 5.73 Å². The standard InChI is InChI=1S/C13H21N3O2/c1-4-16(5-2)6-7-18-13(17)12-8-11(14)9-15-10(12)3/h8-9H,4-7,14H2,1-3H3. The molecule has 0 aliphatic rings. The Morgan fingerprint density at radius 1 is 1.44 bits per heavy atom. The number of aromatic nitrogens is 1. The van der Waals surface area contributed by atoms with E-state index in [1.165, 1.54) is 6.20 Å². The van der Waals surface area contributed by atoms with Gasteiger partial charge in [0.1, 0.15) is 6.61 Å². The second-order valence-corrected chi connectivity index (χ2v) is 4.06. The highest BCUT2D eigenvalue weighted by Gasteiger charge is 2.12. The third-order valence-corrected chi connectivity index (χ3v) is 2.86. The molecule has 1 rings (SSSR count). The quantitative estimate of drug-likeness (QED) is 0.775. The molecule has 5 heteroatoms. The van der Waals surface area contributed by atoms with E-state index in [4.69, 9.17) is 10.5 Å². The van der Waals surface area contributed by atoms with E-state index in [0.717, 1.165) is 19.6 Å². The van der Waals surface area contributed by atoms with Gasteiger partial charge in [0.25, 0.3) is 0 Å². The first-order chi connectivity index (χ1) is 8.58. The lowest BCUT2D eigenvalue weighted by molar-refractivity contribution is 0.0465. The second-order valence-electron chi connectivity index (χ2n) is 4.06. The number of carbonyl (C=O) groups is 1. The monoisotopic (exact) mass is 251 g/mol. The molecule has 0 fully saturated rings. The molecule has 2 N–H and O–H groups in total. The minimum Gasteiger partial charge on any atom is -0.461 e. The van der Waals surface area contributed by atoms with Gasteiger partial charge in [0.2, 0.25) is 0 Å². The van der Waals surface area contributed by atoms with Gasteiger partial charge in [-0.2, -0.15) is 0 Å². The van der Waals surface area contributed by atoms with Crippen LogP contribution in [0.5, 0.6) is 0 Å². The molecule has 0 radical (unpaired) electrons. The van der Waals surface area contributed by atoms with Crippen LogP contribution in [-0.2, 0) is 4.74 Å². The maximum Gasteiger partial charge on any atom is 0.340 e. The highest BCUT2D eigenvalue weighted by Crippen LogP contribution is 2.10. The predicted octanol–water partition coefficient (Wildman–Crippen LogP) is 1.47. The van der Waals surface area contributed by atoms with E-state index in [1.54, 1.807) is 13.0 Å². The summed E-state index contributed by atoms with van der Waals surface area (Å²) in [6.07, 6.45) is 1.53. The first kappa shape index (κ1) is 14.4. The van der Waals surface area contributed by atoms with Gasteiger partial charge in [0.15, 0.2) is 0 Å². The van der Waals surface area contributed by atoms with Gasteiger partial charge in [-0.1, -0.05) is 13.8 Å². The summed E-state index contributed by atoms with van der Waals surface area (Å²) >= 11 is 0. The maximum absolute atomic E-state index is 11.8. The number of nitrogens with zero attached hydrogens (tertiary/aromatic N) is 2. The van der Waals surface area contributed by atoms with Crippen molar-refractivity contribution in [3.05, 3.63) is 23.5 Å². The van der Waals surface area contributed by atoms with E-state index in [-0.39, 0.29) is 5.97 Å². The Morgan fingerprint density at radius 3 is 2.72 bits per heavy atom. The van der Waals surface area contributed by atoms with E-state index in [9.17, 15) is 4.79 Å². The summed E-state index contributed by atoms with van der Waals surface area (Å²) in [5.41, 5.74) is 7.15. The molecule has 0 unspecified atom stereocenters. The number of esters is 1. The third kappa shape index (κ3) is 4.00. The summed E-state index contributed by atoms with van der Waals surface area (Å²) in [5.74, 6) is -0.362. The Hall–Kier alpha value is -1.62. The summed E-state index contributed by atoms with van der Waals surface area (Å²) < 4.78 is 5.22. The van der Waals surface area contributed by atoms with Crippen LogP contribution in [-0.4, -0.2) is 42.1 Å². The number of ether oxygens (including phenoxy) is 1.